The van der Waals surface area contributed by atoms with E-state index in [-0.39, 0.29) is 11.4 Å². The predicted molar refractivity (Wildman–Crippen MR) is 106 cm³/mol. The summed E-state index contributed by atoms with van der Waals surface area (Å²) in [6.07, 6.45) is 1.76. The van der Waals surface area contributed by atoms with Gasteiger partial charge in [0.1, 0.15) is 23.4 Å². The number of piperidine rings is 1. The molecular weight excluding hydrogens is 399 g/mol. The van der Waals surface area contributed by atoms with Crippen LogP contribution in [0.4, 0.5) is 10.1 Å². The van der Waals surface area contributed by atoms with E-state index in [1.54, 1.807) is 18.2 Å². The second-order valence-corrected chi connectivity index (χ2v) is 8.53. The highest BCUT2D eigenvalue weighted by Gasteiger charge is 2.37. The number of nitrogens with one attached hydrogen (secondary N) is 1. The van der Waals surface area contributed by atoms with Crippen LogP contribution in [0.2, 0.25) is 0 Å². The lowest BCUT2D eigenvalue weighted by Crippen LogP contribution is -2.49. The number of rotatable bonds is 6. The van der Waals surface area contributed by atoms with Crippen LogP contribution in [-0.4, -0.2) is 45.4 Å². The zero-order chi connectivity index (χ0) is 21.0. The van der Waals surface area contributed by atoms with Gasteiger partial charge < -0.3 is 14.8 Å². The quantitative estimate of drug-likeness (QED) is 0.774. The van der Waals surface area contributed by atoms with Crippen molar-refractivity contribution in [3.8, 4) is 11.5 Å². The molecule has 29 heavy (non-hydrogen) atoms. The summed E-state index contributed by atoms with van der Waals surface area (Å²) < 4.78 is 51.0. The van der Waals surface area contributed by atoms with Crippen LogP contribution < -0.4 is 14.8 Å². The van der Waals surface area contributed by atoms with E-state index in [9.17, 15) is 17.6 Å². The average molecular weight is 422 g/mol. The summed E-state index contributed by atoms with van der Waals surface area (Å²) in [5.74, 6) is -0.0209. The van der Waals surface area contributed by atoms with Gasteiger partial charge in [-0.3, -0.25) is 4.79 Å². The monoisotopic (exact) mass is 422 g/mol. The highest BCUT2D eigenvalue weighted by molar-refractivity contribution is 7.89. The first-order chi connectivity index (χ1) is 13.9. The number of amides is 1. The van der Waals surface area contributed by atoms with E-state index in [4.69, 9.17) is 9.47 Å². The van der Waals surface area contributed by atoms with Gasteiger partial charge in [0, 0.05) is 12.6 Å². The number of anilines is 1. The Bertz CT molecular complexity index is 979. The molecule has 1 aliphatic rings. The molecule has 0 aliphatic carbocycles. The second kappa shape index (κ2) is 8.79. The number of hydrogen-bond acceptors (Lipinski definition) is 5. The lowest BCUT2D eigenvalue weighted by atomic mass is 10.0. The average Bonchev–Trinajstić information content (AvgIpc) is 2.74. The van der Waals surface area contributed by atoms with Crippen LogP contribution >= 0.6 is 0 Å². The number of halogens is 1. The topological polar surface area (TPSA) is 84.9 Å². The Morgan fingerprint density at radius 2 is 1.83 bits per heavy atom. The molecule has 9 heteroatoms. The summed E-state index contributed by atoms with van der Waals surface area (Å²) in [6.45, 7) is 0.215. The largest absolute Gasteiger partial charge is 0.497 e. The summed E-state index contributed by atoms with van der Waals surface area (Å²) >= 11 is 0. The number of ether oxygens (including phenoxy) is 2. The van der Waals surface area contributed by atoms with E-state index in [1.165, 1.54) is 30.7 Å². The van der Waals surface area contributed by atoms with Gasteiger partial charge in [-0.15, -0.1) is 0 Å². The molecule has 156 valence electrons. The van der Waals surface area contributed by atoms with Crippen LogP contribution in [0.5, 0.6) is 11.5 Å². The van der Waals surface area contributed by atoms with E-state index in [1.807, 2.05) is 0 Å². The fourth-order valence-electron chi connectivity index (χ4n) is 3.32. The highest BCUT2D eigenvalue weighted by atomic mass is 32.2. The van der Waals surface area contributed by atoms with Crippen molar-refractivity contribution in [2.24, 2.45) is 0 Å². The van der Waals surface area contributed by atoms with Gasteiger partial charge in [0.05, 0.1) is 24.8 Å². The van der Waals surface area contributed by atoms with E-state index >= 15 is 0 Å². The lowest BCUT2D eigenvalue weighted by Gasteiger charge is -2.33. The van der Waals surface area contributed by atoms with Gasteiger partial charge in [0.2, 0.25) is 15.9 Å². The third-order valence-corrected chi connectivity index (χ3v) is 6.76. The molecule has 0 spiro atoms. The molecule has 1 atom stereocenters. The van der Waals surface area contributed by atoms with Crippen LogP contribution in [0.1, 0.15) is 19.3 Å². The maximum Gasteiger partial charge on any atom is 0.243 e. The molecule has 1 fully saturated rings. The lowest BCUT2D eigenvalue weighted by molar-refractivity contribution is -0.120. The Labute approximate surface area is 169 Å². The molecule has 3 rings (SSSR count). The van der Waals surface area contributed by atoms with Crippen molar-refractivity contribution < 1.29 is 27.1 Å². The van der Waals surface area contributed by atoms with Crippen LogP contribution in [0.25, 0.3) is 0 Å². The Morgan fingerprint density at radius 1 is 1.10 bits per heavy atom. The molecule has 0 radical (unpaired) electrons. The fraction of sp³-hybridized carbons (Fsp3) is 0.350. The van der Waals surface area contributed by atoms with Gasteiger partial charge in [-0.1, -0.05) is 6.42 Å². The van der Waals surface area contributed by atoms with Crippen LogP contribution in [0.15, 0.2) is 47.4 Å². The molecule has 2 aromatic rings. The minimum atomic E-state index is -3.94. The van der Waals surface area contributed by atoms with Crippen molar-refractivity contribution in [3.05, 3.63) is 48.3 Å². The summed E-state index contributed by atoms with van der Waals surface area (Å²) in [4.78, 5) is 13.0. The van der Waals surface area contributed by atoms with Crippen molar-refractivity contribution in [2.75, 3.05) is 26.1 Å². The standard InChI is InChI=1S/C20H23FN2O5S/c1-27-15-8-11-19(28-2)17(13-15)22-20(24)18-5-3-4-12-23(18)29(25,26)16-9-6-14(21)7-10-16/h6-11,13,18H,3-5,12H2,1-2H3,(H,22,24). The predicted octanol–water partition coefficient (Wildman–Crippen LogP) is 3.02. The fourth-order valence-corrected chi connectivity index (χ4v) is 4.98. The molecule has 1 saturated heterocycles. The molecule has 0 aromatic heterocycles. The Balaban J connectivity index is 1.88. The summed E-state index contributed by atoms with van der Waals surface area (Å²) in [7, 11) is -0.963. The first kappa shape index (κ1) is 21.1. The van der Waals surface area contributed by atoms with Gasteiger partial charge in [0.25, 0.3) is 0 Å². The second-order valence-electron chi connectivity index (χ2n) is 6.64. The third kappa shape index (κ3) is 4.51. The van der Waals surface area contributed by atoms with Crippen LogP contribution in [0, 0.1) is 5.82 Å². The Morgan fingerprint density at radius 3 is 2.48 bits per heavy atom. The van der Waals surface area contributed by atoms with Gasteiger partial charge in [-0.25, -0.2) is 12.8 Å². The van der Waals surface area contributed by atoms with E-state index in [0.29, 0.717) is 30.0 Å². The Kier molecular flexibility index (Phi) is 6.39. The van der Waals surface area contributed by atoms with Crippen molar-refractivity contribution >= 4 is 21.6 Å². The summed E-state index contributed by atoms with van der Waals surface area (Å²) in [6, 6.07) is 8.68. The molecular formula is C20H23FN2O5S. The number of carbonyl (C=O) groups excluding carboxylic acids is 1. The molecule has 1 heterocycles. The molecule has 0 saturated carbocycles. The minimum Gasteiger partial charge on any atom is -0.497 e. The number of nitrogens with zero attached hydrogens (tertiary/aromatic N) is 1. The third-order valence-electron chi connectivity index (χ3n) is 4.84. The molecule has 1 N–H and O–H groups in total. The van der Waals surface area contributed by atoms with Gasteiger partial charge in [0.15, 0.2) is 0 Å². The van der Waals surface area contributed by atoms with Crippen molar-refractivity contribution in [3.63, 3.8) is 0 Å². The number of methoxy groups -OCH3 is 2. The number of carbonyl (C=O) groups is 1. The maximum absolute atomic E-state index is 13.2. The zero-order valence-corrected chi connectivity index (χ0v) is 17.0. The van der Waals surface area contributed by atoms with Crippen LogP contribution in [0.3, 0.4) is 0 Å². The molecule has 1 unspecified atom stereocenters. The van der Waals surface area contributed by atoms with Gasteiger partial charge in [-0.05, 0) is 49.2 Å². The summed E-state index contributed by atoms with van der Waals surface area (Å²) in [5.41, 5.74) is 0.390. The maximum atomic E-state index is 13.2. The molecule has 7 nitrogen and oxygen atoms in total. The Hall–Kier alpha value is -2.65. The first-order valence-electron chi connectivity index (χ1n) is 9.17. The number of benzene rings is 2. The van der Waals surface area contributed by atoms with E-state index in [0.717, 1.165) is 18.6 Å². The number of sulfonamides is 1. The number of hydrogen-bond donors (Lipinski definition) is 1. The molecule has 1 amide bonds. The molecule has 2 aromatic carbocycles. The zero-order valence-electron chi connectivity index (χ0n) is 16.2. The van der Waals surface area contributed by atoms with Crippen molar-refractivity contribution in [1.82, 2.24) is 4.31 Å². The van der Waals surface area contributed by atoms with Gasteiger partial charge >= 0.3 is 0 Å². The van der Waals surface area contributed by atoms with Crippen molar-refractivity contribution in [1.29, 1.82) is 0 Å². The SMILES string of the molecule is COc1ccc(OC)c(NC(=O)C2CCCCN2S(=O)(=O)c2ccc(F)cc2)c1. The smallest absolute Gasteiger partial charge is 0.243 e. The van der Waals surface area contributed by atoms with Crippen molar-refractivity contribution in [2.45, 2.75) is 30.2 Å². The minimum absolute atomic E-state index is 0.0439. The molecule has 1 aliphatic heterocycles. The highest BCUT2D eigenvalue weighted by Crippen LogP contribution is 2.31. The van der Waals surface area contributed by atoms with Crippen LogP contribution in [-0.2, 0) is 14.8 Å². The van der Waals surface area contributed by atoms with Gasteiger partial charge in [-0.2, -0.15) is 4.31 Å². The van der Waals surface area contributed by atoms with E-state index in [2.05, 4.69) is 5.32 Å². The molecule has 0 bridgehead atoms. The first-order valence-corrected chi connectivity index (χ1v) is 10.6. The summed E-state index contributed by atoms with van der Waals surface area (Å²) in [5, 5.41) is 2.76. The van der Waals surface area contributed by atoms with E-state index < -0.39 is 27.8 Å². The normalized spacial score (nSPS) is 17.6.